The Bertz CT molecular complexity index is 315. The zero-order chi connectivity index (χ0) is 14.4. The molecule has 0 atom stereocenters. The molecule has 0 aliphatic carbocycles. The van der Waals surface area contributed by atoms with E-state index in [2.05, 4.69) is 36.0 Å². The van der Waals surface area contributed by atoms with Crippen LogP contribution in [-0.4, -0.2) is 54.7 Å². The summed E-state index contributed by atoms with van der Waals surface area (Å²) in [5.74, 6) is 0.835. The van der Waals surface area contributed by atoms with E-state index in [0.717, 1.165) is 25.7 Å². The van der Waals surface area contributed by atoms with Gasteiger partial charge in [-0.25, -0.2) is 0 Å². The smallest absolute Gasteiger partial charge is 0.0600 e. The molecule has 0 radical (unpaired) electrons. The number of ether oxygens (including phenoxy) is 1. The third-order valence-electron chi connectivity index (χ3n) is 5.09. The molecule has 2 fully saturated rings. The maximum absolute atomic E-state index is 5.45. The first-order chi connectivity index (χ1) is 9.74. The molecular weight excluding hydrogens is 248 g/mol. The topological polar surface area (TPSA) is 15.7 Å². The maximum Gasteiger partial charge on any atom is 0.0600 e. The van der Waals surface area contributed by atoms with Crippen molar-refractivity contribution in [3.63, 3.8) is 0 Å². The Kier molecular flexibility index (Phi) is 5.67. The molecule has 2 rings (SSSR count). The van der Waals surface area contributed by atoms with Crippen molar-refractivity contribution >= 4 is 0 Å². The quantitative estimate of drug-likeness (QED) is 0.695. The number of likely N-dealkylation sites (N-methyl/N-ethyl adjacent to an activating group) is 1. The van der Waals surface area contributed by atoms with Crippen molar-refractivity contribution in [1.82, 2.24) is 9.80 Å². The Morgan fingerprint density at radius 2 is 1.90 bits per heavy atom. The fourth-order valence-electron chi connectivity index (χ4n) is 3.65. The average molecular weight is 278 g/mol. The Hall–Kier alpha value is -0.800. The number of likely N-dealkylation sites (tertiary alicyclic amines) is 1. The van der Waals surface area contributed by atoms with Crippen LogP contribution in [0.3, 0.4) is 0 Å². The van der Waals surface area contributed by atoms with Gasteiger partial charge in [0.2, 0.25) is 0 Å². The minimum Gasteiger partial charge on any atom is -0.381 e. The lowest BCUT2D eigenvalue weighted by Crippen LogP contribution is -2.52. The van der Waals surface area contributed by atoms with E-state index in [4.69, 9.17) is 4.74 Å². The summed E-state index contributed by atoms with van der Waals surface area (Å²) in [5, 5.41) is 0. The van der Waals surface area contributed by atoms with Gasteiger partial charge in [-0.1, -0.05) is 12.7 Å². The zero-order valence-electron chi connectivity index (χ0n) is 13.0. The van der Waals surface area contributed by atoms with Gasteiger partial charge in [-0.2, -0.15) is 0 Å². The first kappa shape index (κ1) is 15.6. The Labute approximate surface area is 124 Å². The molecule has 0 spiro atoms. The first-order valence-corrected chi connectivity index (χ1v) is 8.07. The summed E-state index contributed by atoms with van der Waals surface area (Å²) in [6.45, 7) is 16.8. The van der Waals surface area contributed by atoms with Crippen molar-refractivity contribution in [1.29, 1.82) is 0 Å². The largest absolute Gasteiger partial charge is 0.381 e. The normalized spacial score (nSPS) is 24.2. The lowest BCUT2D eigenvalue weighted by atomic mass is 9.85. The van der Waals surface area contributed by atoms with Crippen LogP contribution in [0, 0.1) is 5.92 Å². The molecule has 0 aromatic rings. The van der Waals surface area contributed by atoms with Crippen LogP contribution in [0.5, 0.6) is 0 Å². The molecule has 2 aliphatic heterocycles. The summed E-state index contributed by atoms with van der Waals surface area (Å²) < 4.78 is 5.45. The summed E-state index contributed by atoms with van der Waals surface area (Å²) in [4.78, 5) is 4.99. The SMILES string of the molecule is C=CN(CC)C1(C=C)CCN(CC2CCOCC2)CC1. The van der Waals surface area contributed by atoms with Crippen molar-refractivity contribution in [3.8, 4) is 0 Å². The third-order valence-corrected chi connectivity index (χ3v) is 5.09. The summed E-state index contributed by atoms with van der Waals surface area (Å²) in [5.41, 5.74) is 0.128. The van der Waals surface area contributed by atoms with E-state index in [1.807, 2.05) is 6.20 Å². The molecule has 0 bridgehead atoms. The third kappa shape index (κ3) is 3.44. The van der Waals surface area contributed by atoms with E-state index in [-0.39, 0.29) is 5.54 Å². The molecule has 0 N–H and O–H groups in total. The van der Waals surface area contributed by atoms with Crippen LogP contribution in [0.1, 0.15) is 32.6 Å². The lowest BCUT2D eigenvalue weighted by Gasteiger charge is -2.47. The molecule has 3 heteroatoms. The number of hydrogen-bond donors (Lipinski definition) is 0. The summed E-state index contributed by atoms with van der Waals surface area (Å²) >= 11 is 0. The fraction of sp³-hybridized carbons (Fsp3) is 0.765. The monoisotopic (exact) mass is 278 g/mol. The van der Waals surface area contributed by atoms with E-state index in [1.54, 1.807) is 0 Å². The molecule has 2 heterocycles. The highest BCUT2D eigenvalue weighted by Gasteiger charge is 2.35. The molecule has 0 aromatic carbocycles. The molecule has 20 heavy (non-hydrogen) atoms. The second kappa shape index (κ2) is 7.28. The molecule has 3 nitrogen and oxygen atoms in total. The Balaban J connectivity index is 1.86. The molecule has 2 aliphatic rings. The van der Waals surface area contributed by atoms with E-state index < -0.39 is 0 Å². The highest BCUT2D eigenvalue weighted by Crippen LogP contribution is 2.31. The fourth-order valence-corrected chi connectivity index (χ4v) is 3.65. The second-order valence-electron chi connectivity index (χ2n) is 6.13. The van der Waals surface area contributed by atoms with E-state index in [9.17, 15) is 0 Å². The van der Waals surface area contributed by atoms with Gasteiger partial charge >= 0.3 is 0 Å². The lowest BCUT2D eigenvalue weighted by molar-refractivity contribution is 0.0365. The average Bonchev–Trinajstić information content (AvgIpc) is 2.51. The highest BCUT2D eigenvalue weighted by molar-refractivity contribution is 5.09. The number of rotatable bonds is 6. The van der Waals surface area contributed by atoms with Gasteiger partial charge in [-0.3, -0.25) is 0 Å². The molecule has 0 aromatic heterocycles. The zero-order valence-corrected chi connectivity index (χ0v) is 13.0. The summed E-state index contributed by atoms with van der Waals surface area (Å²) in [7, 11) is 0. The van der Waals surface area contributed by atoms with E-state index >= 15 is 0 Å². The number of piperidine rings is 1. The van der Waals surface area contributed by atoms with Gasteiger partial charge in [0.1, 0.15) is 0 Å². The van der Waals surface area contributed by atoms with E-state index in [1.165, 1.54) is 45.3 Å². The van der Waals surface area contributed by atoms with Gasteiger partial charge in [-0.05, 0) is 44.7 Å². The Morgan fingerprint density at radius 3 is 2.40 bits per heavy atom. The maximum atomic E-state index is 5.45. The molecular formula is C17H30N2O. The van der Waals surface area contributed by atoms with Crippen molar-refractivity contribution < 1.29 is 4.74 Å². The highest BCUT2D eigenvalue weighted by atomic mass is 16.5. The molecule has 0 saturated carbocycles. The van der Waals surface area contributed by atoms with Gasteiger partial charge in [0, 0.05) is 39.4 Å². The van der Waals surface area contributed by atoms with Crippen LogP contribution in [0.15, 0.2) is 25.4 Å². The van der Waals surface area contributed by atoms with Crippen LogP contribution in [0.25, 0.3) is 0 Å². The Morgan fingerprint density at radius 1 is 1.25 bits per heavy atom. The van der Waals surface area contributed by atoms with Crippen molar-refractivity contribution in [2.24, 2.45) is 5.92 Å². The molecule has 2 saturated heterocycles. The number of nitrogens with zero attached hydrogens (tertiary/aromatic N) is 2. The van der Waals surface area contributed by atoms with Gasteiger partial charge < -0.3 is 14.5 Å². The molecule has 0 amide bonds. The number of hydrogen-bond acceptors (Lipinski definition) is 3. The van der Waals surface area contributed by atoms with Crippen LogP contribution < -0.4 is 0 Å². The molecule has 0 unspecified atom stereocenters. The van der Waals surface area contributed by atoms with Crippen LogP contribution >= 0.6 is 0 Å². The predicted octanol–water partition coefficient (Wildman–Crippen LogP) is 2.90. The van der Waals surface area contributed by atoms with Crippen molar-refractivity contribution in [2.45, 2.75) is 38.1 Å². The van der Waals surface area contributed by atoms with Crippen molar-refractivity contribution in [2.75, 3.05) is 39.4 Å². The summed E-state index contributed by atoms with van der Waals surface area (Å²) in [6.07, 6.45) is 8.92. The predicted molar refractivity (Wildman–Crippen MR) is 84.7 cm³/mol. The minimum absolute atomic E-state index is 0.128. The van der Waals surface area contributed by atoms with Gasteiger partial charge in [0.05, 0.1) is 5.54 Å². The standard InChI is InChI=1S/C17H30N2O/c1-4-17(19(5-2)6-3)9-11-18(12-10-17)15-16-7-13-20-14-8-16/h4-5,16H,1-2,6-15H2,3H3. The van der Waals surface area contributed by atoms with Gasteiger partial charge in [0.25, 0.3) is 0 Å². The van der Waals surface area contributed by atoms with Crippen molar-refractivity contribution in [3.05, 3.63) is 25.4 Å². The molecule has 114 valence electrons. The van der Waals surface area contributed by atoms with Crippen LogP contribution in [0.4, 0.5) is 0 Å². The van der Waals surface area contributed by atoms with E-state index in [0.29, 0.717) is 0 Å². The summed E-state index contributed by atoms with van der Waals surface area (Å²) in [6, 6.07) is 0. The van der Waals surface area contributed by atoms with Crippen LogP contribution in [0.2, 0.25) is 0 Å². The van der Waals surface area contributed by atoms with Gasteiger partial charge in [-0.15, -0.1) is 6.58 Å². The van der Waals surface area contributed by atoms with Crippen LogP contribution in [-0.2, 0) is 4.74 Å². The first-order valence-electron chi connectivity index (χ1n) is 8.07. The second-order valence-corrected chi connectivity index (χ2v) is 6.13. The van der Waals surface area contributed by atoms with Gasteiger partial charge in [0.15, 0.2) is 0 Å². The minimum atomic E-state index is 0.128.